The summed E-state index contributed by atoms with van der Waals surface area (Å²) in [7, 11) is 0. The van der Waals surface area contributed by atoms with E-state index in [0.717, 1.165) is 0 Å². The maximum atomic E-state index is 11.9. The number of ether oxygens (including phenoxy) is 3. The summed E-state index contributed by atoms with van der Waals surface area (Å²) in [5.41, 5.74) is 6.71. The van der Waals surface area contributed by atoms with E-state index in [1.165, 1.54) is 0 Å². The van der Waals surface area contributed by atoms with Crippen LogP contribution in [0.1, 0.15) is 24.2 Å². The average Bonchev–Trinajstić information content (AvgIpc) is 2.54. The van der Waals surface area contributed by atoms with Gasteiger partial charge in [0, 0.05) is 5.02 Å². The molecular formula is C18H20ClNO4. The topological polar surface area (TPSA) is 70.8 Å². The highest BCUT2D eigenvalue weighted by molar-refractivity contribution is 6.30. The monoisotopic (exact) mass is 349 g/mol. The molecule has 0 heterocycles. The van der Waals surface area contributed by atoms with E-state index < -0.39 is 5.97 Å². The largest absolute Gasteiger partial charge is 0.490 e. The van der Waals surface area contributed by atoms with Crippen LogP contribution in [0.5, 0.6) is 11.5 Å². The van der Waals surface area contributed by atoms with Crippen LogP contribution >= 0.6 is 11.6 Å². The van der Waals surface area contributed by atoms with Crippen molar-refractivity contribution in [3.63, 3.8) is 0 Å². The molecular weight excluding hydrogens is 330 g/mol. The molecule has 0 aliphatic carbocycles. The number of benzene rings is 2. The minimum absolute atomic E-state index is 0.188. The second kappa shape index (κ2) is 8.45. The number of carbonyl (C=O) groups excluding carboxylic acids is 1. The Balaban J connectivity index is 1.89. The highest BCUT2D eigenvalue weighted by Crippen LogP contribution is 2.23. The minimum atomic E-state index is -0.410. The van der Waals surface area contributed by atoms with Crippen molar-refractivity contribution in [1.29, 1.82) is 0 Å². The predicted molar refractivity (Wildman–Crippen MR) is 93.8 cm³/mol. The van der Waals surface area contributed by atoms with E-state index in [0.29, 0.717) is 34.4 Å². The van der Waals surface area contributed by atoms with Crippen LogP contribution in [0.4, 0.5) is 5.69 Å². The van der Waals surface area contributed by atoms with Gasteiger partial charge in [0.05, 0.1) is 17.4 Å². The third kappa shape index (κ3) is 5.35. The molecule has 24 heavy (non-hydrogen) atoms. The molecule has 0 fully saturated rings. The quantitative estimate of drug-likeness (QED) is 0.465. The maximum Gasteiger partial charge on any atom is 0.338 e. The minimum Gasteiger partial charge on any atom is -0.490 e. The number of carbonyl (C=O) groups is 1. The summed E-state index contributed by atoms with van der Waals surface area (Å²) < 4.78 is 16.3. The third-order valence-corrected chi connectivity index (χ3v) is 3.27. The van der Waals surface area contributed by atoms with Crippen molar-refractivity contribution in [3.8, 4) is 11.5 Å². The summed E-state index contributed by atoms with van der Waals surface area (Å²) in [6.07, 6.45) is -0.188. The van der Waals surface area contributed by atoms with E-state index in [9.17, 15) is 4.79 Å². The van der Waals surface area contributed by atoms with Gasteiger partial charge in [-0.25, -0.2) is 4.79 Å². The molecule has 0 unspecified atom stereocenters. The second-order valence-corrected chi connectivity index (χ2v) is 5.79. The van der Waals surface area contributed by atoms with Gasteiger partial charge in [-0.3, -0.25) is 0 Å². The van der Waals surface area contributed by atoms with Gasteiger partial charge >= 0.3 is 5.97 Å². The molecule has 0 aromatic heterocycles. The lowest BCUT2D eigenvalue weighted by Crippen LogP contribution is -2.13. The van der Waals surface area contributed by atoms with E-state index in [-0.39, 0.29) is 12.7 Å². The van der Waals surface area contributed by atoms with Crippen LogP contribution in [0, 0.1) is 0 Å². The van der Waals surface area contributed by atoms with E-state index in [4.69, 9.17) is 31.5 Å². The summed E-state index contributed by atoms with van der Waals surface area (Å²) >= 11 is 5.81. The fourth-order valence-electron chi connectivity index (χ4n) is 1.91. The molecule has 2 rings (SSSR count). The van der Waals surface area contributed by atoms with Gasteiger partial charge in [0.1, 0.15) is 24.7 Å². The van der Waals surface area contributed by atoms with Gasteiger partial charge < -0.3 is 19.9 Å². The Morgan fingerprint density at radius 3 is 2.42 bits per heavy atom. The van der Waals surface area contributed by atoms with Crippen molar-refractivity contribution < 1.29 is 19.0 Å². The van der Waals surface area contributed by atoms with Crippen LogP contribution in [-0.4, -0.2) is 25.3 Å². The molecule has 6 heteroatoms. The van der Waals surface area contributed by atoms with Gasteiger partial charge in [0.2, 0.25) is 0 Å². The lowest BCUT2D eigenvalue weighted by atomic mass is 10.2. The highest BCUT2D eigenvalue weighted by atomic mass is 35.5. The van der Waals surface area contributed by atoms with Crippen LogP contribution in [0.25, 0.3) is 0 Å². The van der Waals surface area contributed by atoms with Crippen molar-refractivity contribution in [1.82, 2.24) is 0 Å². The van der Waals surface area contributed by atoms with Crippen LogP contribution in [-0.2, 0) is 4.74 Å². The van der Waals surface area contributed by atoms with Crippen LogP contribution in [0.3, 0.4) is 0 Å². The van der Waals surface area contributed by atoms with Crippen molar-refractivity contribution in [2.75, 3.05) is 18.9 Å². The highest BCUT2D eigenvalue weighted by Gasteiger charge is 2.12. The van der Waals surface area contributed by atoms with Gasteiger partial charge in [-0.15, -0.1) is 0 Å². The van der Waals surface area contributed by atoms with Crippen LogP contribution < -0.4 is 15.2 Å². The first-order chi connectivity index (χ1) is 11.5. The summed E-state index contributed by atoms with van der Waals surface area (Å²) in [6, 6.07) is 11.9. The lowest BCUT2D eigenvalue weighted by Gasteiger charge is -2.12. The maximum absolute atomic E-state index is 11.9. The summed E-state index contributed by atoms with van der Waals surface area (Å²) in [5.74, 6) is 0.713. The van der Waals surface area contributed by atoms with Crippen molar-refractivity contribution >= 4 is 23.3 Å². The normalized spacial score (nSPS) is 10.5. The molecule has 128 valence electrons. The third-order valence-electron chi connectivity index (χ3n) is 3.02. The van der Waals surface area contributed by atoms with E-state index in [1.54, 1.807) is 56.3 Å². The summed E-state index contributed by atoms with van der Waals surface area (Å²) in [4.78, 5) is 11.9. The Bertz CT molecular complexity index is 686. The van der Waals surface area contributed by atoms with Gasteiger partial charge in [0.25, 0.3) is 0 Å². The molecule has 2 N–H and O–H groups in total. The Morgan fingerprint density at radius 1 is 1.08 bits per heavy atom. The van der Waals surface area contributed by atoms with Crippen LogP contribution in [0.15, 0.2) is 42.5 Å². The van der Waals surface area contributed by atoms with Gasteiger partial charge in [0.15, 0.2) is 0 Å². The number of nitrogen functional groups attached to an aromatic ring is 1. The molecule has 0 amide bonds. The molecule has 0 radical (unpaired) electrons. The molecule has 5 nitrogen and oxygen atoms in total. The SMILES string of the molecule is CC(C)OC(=O)c1ccc(N)c(OCCOc2ccc(Cl)cc2)c1. The van der Waals surface area contributed by atoms with Crippen molar-refractivity contribution in [2.45, 2.75) is 20.0 Å². The molecule has 2 aromatic carbocycles. The number of anilines is 1. The van der Waals surface area contributed by atoms with Gasteiger partial charge in [-0.1, -0.05) is 11.6 Å². The fraction of sp³-hybridized carbons (Fsp3) is 0.278. The zero-order valence-electron chi connectivity index (χ0n) is 13.6. The fourth-order valence-corrected chi connectivity index (χ4v) is 2.04. The lowest BCUT2D eigenvalue weighted by molar-refractivity contribution is 0.0377. The smallest absolute Gasteiger partial charge is 0.338 e. The number of hydrogen-bond acceptors (Lipinski definition) is 5. The standard InChI is InChI=1S/C18H20ClNO4/c1-12(2)24-18(21)13-3-8-16(20)17(11-13)23-10-9-22-15-6-4-14(19)5-7-15/h3-8,11-12H,9-10,20H2,1-2H3. The number of hydrogen-bond donors (Lipinski definition) is 1. The van der Waals surface area contributed by atoms with E-state index >= 15 is 0 Å². The van der Waals surface area contributed by atoms with Gasteiger partial charge in [-0.05, 0) is 56.3 Å². The van der Waals surface area contributed by atoms with Crippen LogP contribution in [0.2, 0.25) is 5.02 Å². The summed E-state index contributed by atoms with van der Waals surface area (Å²) in [5, 5.41) is 0.650. The molecule has 2 aromatic rings. The first-order valence-electron chi connectivity index (χ1n) is 7.57. The molecule has 0 spiro atoms. The summed E-state index contributed by atoms with van der Waals surface area (Å²) in [6.45, 7) is 4.21. The zero-order valence-corrected chi connectivity index (χ0v) is 14.4. The molecule has 0 atom stereocenters. The number of rotatable bonds is 7. The number of nitrogens with two attached hydrogens (primary N) is 1. The average molecular weight is 350 g/mol. The molecule has 0 saturated heterocycles. The number of halogens is 1. The Morgan fingerprint density at radius 2 is 1.75 bits per heavy atom. The zero-order chi connectivity index (χ0) is 17.5. The second-order valence-electron chi connectivity index (χ2n) is 5.36. The van der Waals surface area contributed by atoms with Crippen molar-refractivity contribution in [2.24, 2.45) is 0 Å². The van der Waals surface area contributed by atoms with Gasteiger partial charge in [-0.2, -0.15) is 0 Å². The predicted octanol–water partition coefficient (Wildman–Crippen LogP) is 3.95. The molecule has 0 bridgehead atoms. The first kappa shape index (κ1) is 17.9. The van der Waals surface area contributed by atoms with Crippen molar-refractivity contribution in [3.05, 3.63) is 53.1 Å². The molecule has 0 aliphatic heterocycles. The Kier molecular flexibility index (Phi) is 6.32. The Labute approximate surface area is 146 Å². The first-order valence-corrected chi connectivity index (χ1v) is 7.95. The number of esters is 1. The van der Waals surface area contributed by atoms with E-state index in [1.807, 2.05) is 0 Å². The molecule has 0 saturated carbocycles. The Hall–Kier alpha value is -2.40. The van der Waals surface area contributed by atoms with E-state index in [2.05, 4.69) is 0 Å². The molecule has 0 aliphatic rings.